The number of hydrogen-bond donors (Lipinski definition) is 2. The summed E-state index contributed by atoms with van der Waals surface area (Å²) >= 11 is 1.51. The van der Waals surface area contributed by atoms with Crippen LogP contribution >= 0.6 is 11.3 Å². The zero-order chi connectivity index (χ0) is 13.2. The summed E-state index contributed by atoms with van der Waals surface area (Å²) in [5.41, 5.74) is 6.44. The maximum absolute atomic E-state index is 12.3. The molecule has 1 fully saturated rings. The highest BCUT2D eigenvalue weighted by atomic mass is 32.1. The van der Waals surface area contributed by atoms with Crippen LogP contribution in [0, 0.1) is 5.41 Å². The zero-order valence-corrected chi connectivity index (χ0v) is 11.8. The molecule has 1 aromatic heterocycles. The van der Waals surface area contributed by atoms with Crippen molar-refractivity contribution in [2.45, 2.75) is 45.4 Å². The number of amides is 1. The molecule has 0 bridgehead atoms. The summed E-state index contributed by atoms with van der Waals surface area (Å²) < 4.78 is 0. The highest BCUT2D eigenvalue weighted by Gasteiger charge is 2.34. The van der Waals surface area contributed by atoms with Gasteiger partial charge in [-0.15, -0.1) is 11.3 Å². The molecule has 4 nitrogen and oxygen atoms in total. The maximum atomic E-state index is 12.3. The maximum Gasteiger partial charge on any atom is 0.233 e. The lowest BCUT2D eigenvalue weighted by atomic mass is 9.81. The molecule has 100 valence electrons. The third-order valence-electron chi connectivity index (χ3n) is 3.96. The number of hydrogen-bond acceptors (Lipinski definition) is 4. The van der Waals surface area contributed by atoms with Gasteiger partial charge in [0.25, 0.3) is 0 Å². The van der Waals surface area contributed by atoms with Gasteiger partial charge in [-0.25, -0.2) is 4.98 Å². The molecule has 0 radical (unpaired) electrons. The lowest BCUT2D eigenvalue weighted by molar-refractivity contribution is -0.125. The van der Waals surface area contributed by atoms with Crippen LogP contribution in [-0.2, 0) is 4.79 Å². The van der Waals surface area contributed by atoms with Gasteiger partial charge in [0, 0.05) is 17.8 Å². The predicted octanol–water partition coefficient (Wildman–Crippen LogP) is 2.72. The van der Waals surface area contributed by atoms with Crippen molar-refractivity contribution >= 4 is 22.4 Å². The summed E-state index contributed by atoms with van der Waals surface area (Å²) in [4.78, 5) is 16.8. The first-order valence-electron chi connectivity index (χ1n) is 6.62. The molecule has 1 amide bonds. The van der Waals surface area contributed by atoms with Crippen LogP contribution in [0.15, 0.2) is 5.38 Å². The first kappa shape index (κ1) is 13.5. The molecule has 0 atom stereocenters. The fourth-order valence-corrected chi connectivity index (χ4v) is 2.88. The van der Waals surface area contributed by atoms with Gasteiger partial charge in [0.05, 0.1) is 11.1 Å². The standard InChI is InChI=1S/C13H21N3OS/c1-3-13(4-2,8-14)11(17)16-12-15-10(7-18-12)9-5-6-9/h7,9H,3-6,8,14H2,1-2H3,(H,15,16,17). The number of anilines is 1. The molecular formula is C13H21N3OS. The van der Waals surface area contributed by atoms with Crippen molar-refractivity contribution in [2.24, 2.45) is 11.1 Å². The number of rotatable bonds is 6. The minimum Gasteiger partial charge on any atom is -0.329 e. The lowest BCUT2D eigenvalue weighted by Crippen LogP contribution is -2.41. The molecule has 0 unspecified atom stereocenters. The number of aromatic nitrogens is 1. The Bertz CT molecular complexity index is 413. The van der Waals surface area contributed by atoms with Gasteiger partial charge in [0.1, 0.15) is 0 Å². The van der Waals surface area contributed by atoms with E-state index in [0.717, 1.165) is 18.5 Å². The molecule has 18 heavy (non-hydrogen) atoms. The van der Waals surface area contributed by atoms with E-state index >= 15 is 0 Å². The third-order valence-corrected chi connectivity index (χ3v) is 4.74. The Morgan fingerprint density at radius 2 is 2.22 bits per heavy atom. The SMILES string of the molecule is CCC(CC)(CN)C(=O)Nc1nc(C2CC2)cs1. The molecule has 3 N–H and O–H groups in total. The molecular weight excluding hydrogens is 246 g/mol. The van der Waals surface area contributed by atoms with Gasteiger partial charge in [0.15, 0.2) is 5.13 Å². The number of nitrogens with one attached hydrogen (secondary N) is 1. The topological polar surface area (TPSA) is 68.0 Å². The predicted molar refractivity (Wildman–Crippen MR) is 74.8 cm³/mol. The Labute approximate surface area is 112 Å². The number of nitrogens with zero attached hydrogens (tertiary/aromatic N) is 1. The van der Waals surface area contributed by atoms with Crippen LogP contribution in [0.5, 0.6) is 0 Å². The van der Waals surface area contributed by atoms with E-state index in [4.69, 9.17) is 5.73 Å². The van der Waals surface area contributed by atoms with E-state index in [2.05, 4.69) is 15.7 Å². The monoisotopic (exact) mass is 267 g/mol. The summed E-state index contributed by atoms with van der Waals surface area (Å²) in [6.07, 6.45) is 3.97. The summed E-state index contributed by atoms with van der Waals surface area (Å²) in [5, 5.41) is 5.69. The van der Waals surface area contributed by atoms with Gasteiger partial charge >= 0.3 is 0 Å². The van der Waals surface area contributed by atoms with Crippen molar-refractivity contribution in [1.82, 2.24) is 4.98 Å². The van der Waals surface area contributed by atoms with Crippen LogP contribution in [0.3, 0.4) is 0 Å². The van der Waals surface area contributed by atoms with E-state index in [0.29, 0.717) is 17.6 Å². The summed E-state index contributed by atoms with van der Waals surface area (Å²) in [6, 6.07) is 0. The average Bonchev–Trinajstić information content (AvgIpc) is 3.13. The van der Waals surface area contributed by atoms with Gasteiger partial charge in [-0.3, -0.25) is 4.79 Å². The van der Waals surface area contributed by atoms with E-state index in [-0.39, 0.29) is 5.91 Å². The van der Waals surface area contributed by atoms with E-state index in [1.165, 1.54) is 24.2 Å². The summed E-state index contributed by atoms with van der Waals surface area (Å²) in [7, 11) is 0. The van der Waals surface area contributed by atoms with Gasteiger partial charge in [-0.05, 0) is 25.7 Å². The molecule has 1 aromatic rings. The number of carbonyl (C=O) groups is 1. The molecule has 0 aromatic carbocycles. The van der Waals surface area contributed by atoms with Crippen LogP contribution in [0.1, 0.15) is 51.1 Å². The molecule has 0 aliphatic heterocycles. The fourth-order valence-electron chi connectivity index (χ4n) is 2.09. The Hall–Kier alpha value is -0.940. The average molecular weight is 267 g/mol. The van der Waals surface area contributed by atoms with Gasteiger partial charge in [0.2, 0.25) is 5.91 Å². The Balaban J connectivity index is 2.04. The molecule has 1 aliphatic carbocycles. The Morgan fingerprint density at radius 3 is 2.72 bits per heavy atom. The van der Waals surface area contributed by atoms with E-state index in [1.54, 1.807) is 0 Å². The second-order valence-electron chi connectivity index (χ2n) is 5.00. The fraction of sp³-hybridized carbons (Fsp3) is 0.692. The molecule has 1 heterocycles. The smallest absolute Gasteiger partial charge is 0.233 e. The van der Waals surface area contributed by atoms with E-state index in [9.17, 15) is 4.79 Å². The zero-order valence-electron chi connectivity index (χ0n) is 11.0. The normalized spacial score (nSPS) is 15.7. The molecule has 1 aliphatic rings. The number of thiazole rings is 1. The lowest BCUT2D eigenvalue weighted by Gasteiger charge is -2.27. The van der Waals surface area contributed by atoms with Gasteiger partial charge < -0.3 is 11.1 Å². The minimum atomic E-state index is -0.453. The van der Waals surface area contributed by atoms with Crippen molar-refractivity contribution in [3.63, 3.8) is 0 Å². The van der Waals surface area contributed by atoms with Crippen LogP contribution in [0.4, 0.5) is 5.13 Å². The van der Waals surface area contributed by atoms with Crippen molar-refractivity contribution in [3.8, 4) is 0 Å². The van der Waals surface area contributed by atoms with Crippen LogP contribution in [0.25, 0.3) is 0 Å². The Kier molecular flexibility index (Phi) is 4.02. The first-order valence-corrected chi connectivity index (χ1v) is 7.50. The van der Waals surface area contributed by atoms with Crippen molar-refractivity contribution in [2.75, 3.05) is 11.9 Å². The number of carbonyl (C=O) groups excluding carboxylic acids is 1. The van der Waals surface area contributed by atoms with Crippen molar-refractivity contribution in [1.29, 1.82) is 0 Å². The molecule has 0 saturated heterocycles. The minimum absolute atomic E-state index is 0.00620. The molecule has 0 spiro atoms. The third kappa shape index (κ3) is 2.57. The van der Waals surface area contributed by atoms with Gasteiger partial charge in [-0.1, -0.05) is 13.8 Å². The summed E-state index contributed by atoms with van der Waals surface area (Å²) in [6.45, 7) is 4.40. The quantitative estimate of drug-likeness (QED) is 0.832. The van der Waals surface area contributed by atoms with Crippen LogP contribution in [0.2, 0.25) is 0 Å². The Morgan fingerprint density at radius 1 is 1.56 bits per heavy atom. The molecule has 1 saturated carbocycles. The number of nitrogens with two attached hydrogens (primary N) is 1. The molecule has 2 rings (SSSR count). The van der Waals surface area contributed by atoms with Crippen molar-refractivity contribution < 1.29 is 4.79 Å². The first-order chi connectivity index (χ1) is 8.65. The van der Waals surface area contributed by atoms with E-state index in [1.807, 2.05) is 13.8 Å². The van der Waals surface area contributed by atoms with Crippen molar-refractivity contribution in [3.05, 3.63) is 11.1 Å². The second kappa shape index (κ2) is 5.36. The largest absolute Gasteiger partial charge is 0.329 e. The van der Waals surface area contributed by atoms with E-state index < -0.39 is 5.41 Å². The second-order valence-corrected chi connectivity index (χ2v) is 5.86. The summed E-state index contributed by atoms with van der Waals surface area (Å²) in [5.74, 6) is 0.634. The highest BCUT2D eigenvalue weighted by Crippen LogP contribution is 2.41. The van der Waals surface area contributed by atoms with Crippen LogP contribution in [-0.4, -0.2) is 17.4 Å². The van der Waals surface area contributed by atoms with Crippen LogP contribution < -0.4 is 11.1 Å². The highest BCUT2D eigenvalue weighted by molar-refractivity contribution is 7.13. The van der Waals surface area contributed by atoms with Gasteiger partial charge in [-0.2, -0.15) is 0 Å². The molecule has 5 heteroatoms.